The van der Waals surface area contributed by atoms with Crippen molar-refractivity contribution in [3.63, 3.8) is 0 Å². The summed E-state index contributed by atoms with van der Waals surface area (Å²) >= 11 is 3.12. The van der Waals surface area contributed by atoms with Crippen molar-refractivity contribution in [3.8, 4) is 0 Å². The molecule has 96 valence electrons. The molecule has 1 unspecified atom stereocenters. The number of nitrogens with zero attached hydrogens (tertiary/aromatic N) is 2. The highest BCUT2D eigenvalue weighted by Crippen LogP contribution is 2.20. The highest BCUT2D eigenvalue weighted by atomic mass is 32.2. The van der Waals surface area contributed by atoms with Crippen LogP contribution in [0, 0.1) is 6.92 Å². The zero-order chi connectivity index (χ0) is 12.8. The highest BCUT2D eigenvalue weighted by Gasteiger charge is 2.10. The quantitative estimate of drug-likeness (QED) is 0.774. The topological polar surface area (TPSA) is 55.1 Å². The van der Waals surface area contributed by atoms with Gasteiger partial charge in [0.15, 0.2) is 5.16 Å². The number of carboxylic acid groups (broad SMARTS) is 1. The fraction of sp³-hybridized carbons (Fsp3) is 0.636. The number of rotatable bonds is 7. The number of hydrogen-bond acceptors (Lipinski definition) is 4. The van der Waals surface area contributed by atoms with Crippen LogP contribution in [0.25, 0.3) is 0 Å². The van der Waals surface area contributed by atoms with Gasteiger partial charge in [-0.2, -0.15) is 11.8 Å². The molecule has 1 N–H and O–H groups in total. The molecule has 6 heteroatoms. The van der Waals surface area contributed by atoms with Crippen molar-refractivity contribution in [1.29, 1.82) is 0 Å². The van der Waals surface area contributed by atoms with Crippen LogP contribution in [-0.4, -0.2) is 37.9 Å². The average molecular weight is 274 g/mol. The fourth-order valence-corrected chi connectivity index (χ4v) is 2.49. The Bertz CT molecular complexity index is 380. The lowest BCUT2D eigenvalue weighted by Gasteiger charge is -2.12. The number of thioether (sulfide) groups is 2. The number of carboxylic acids is 1. The smallest absolute Gasteiger partial charge is 0.313 e. The predicted molar refractivity (Wildman–Crippen MR) is 72.9 cm³/mol. The van der Waals surface area contributed by atoms with Gasteiger partial charge >= 0.3 is 5.97 Å². The number of aryl methyl sites for hydroxylation is 1. The van der Waals surface area contributed by atoms with Gasteiger partial charge in [-0.1, -0.05) is 18.7 Å². The van der Waals surface area contributed by atoms with Crippen molar-refractivity contribution in [2.45, 2.75) is 37.2 Å². The number of aromatic nitrogens is 2. The Morgan fingerprint density at radius 1 is 1.65 bits per heavy atom. The molecule has 1 atom stereocenters. The van der Waals surface area contributed by atoms with E-state index in [-0.39, 0.29) is 5.75 Å². The zero-order valence-corrected chi connectivity index (χ0v) is 12.0. The molecule has 0 saturated heterocycles. The molecule has 1 aromatic heterocycles. The summed E-state index contributed by atoms with van der Waals surface area (Å²) in [6, 6.07) is 0. The second-order valence-corrected chi connectivity index (χ2v) is 6.07. The summed E-state index contributed by atoms with van der Waals surface area (Å²) in [5.74, 6) is -0.742. The van der Waals surface area contributed by atoms with E-state index >= 15 is 0 Å². The Balaban J connectivity index is 2.62. The van der Waals surface area contributed by atoms with Crippen LogP contribution in [-0.2, 0) is 11.3 Å². The van der Waals surface area contributed by atoms with Gasteiger partial charge in [0.2, 0.25) is 0 Å². The summed E-state index contributed by atoms with van der Waals surface area (Å²) < 4.78 is 2.10. The van der Waals surface area contributed by atoms with Crippen LogP contribution in [0.3, 0.4) is 0 Å². The molecule has 1 aromatic rings. The van der Waals surface area contributed by atoms with E-state index < -0.39 is 5.97 Å². The van der Waals surface area contributed by atoms with Crippen molar-refractivity contribution >= 4 is 29.5 Å². The average Bonchev–Trinajstić information content (AvgIpc) is 2.64. The van der Waals surface area contributed by atoms with E-state index in [1.807, 2.05) is 18.7 Å². The first-order valence-electron chi connectivity index (χ1n) is 5.44. The second-order valence-electron chi connectivity index (χ2n) is 3.85. The standard InChI is InChI=1S/C11H18N2O2S2/c1-8-6-12-11(17-7-10(14)15)13(8)5-4-9(2)16-3/h6,9H,4-5,7H2,1-3H3,(H,14,15). The largest absolute Gasteiger partial charge is 0.481 e. The maximum atomic E-state index is 10.5. The molecular weight excluding hydrogens is 256 g/mol. The van der Waals surface area contributed by atoms with Gasteiger partial charge in [0, 0.05) is 23.7 Å². The van der Waals surface area contributed by atoms with Gasteiger partial charge in [0.25, 0.3) is 0 Å². The Morgan fingerprint density at radius 2 is 2.35 bits per heavy atom. The first-order chi connectivity index (χ1) is 8.04. The molecule has 0 aliphatic carbocycles. The minimum absolute atomic E-state index is 0.0640. The molecular formula is C11H18N2O2S2. The molecule has 0 aromatic carbocycles. The van der Waals surface area contributed by atoms with Crippen LogP contribution in [0.5, 0.6) is 0 Å². The normalized spacial score (nSPS) is 12.6. The lowest BCUT2D eigenvalue weighted by atomic mass is 10.3. The van der Waals surface area contributed by atoms with Gasteiger partial charge in [0.1, 0.15) is 0 Å². The number of carbonyl (C=O) groups is 1. The van der Waals surface area contributed by atoms with E-state index in [4.69, 9.17) is 5.11 Å². The van der Waals surface area contributed by atoms with Crippen LogP contribution in [0.4, 0.5) is 0 Å². The number of aliphatic carboxylic acids is 1. The first kappa shape index (κ1) is 14.4. The van der Waals surface area contributed by atoms with Gasteiger partial charge < -0.3 is 9.67 Å². The lowest BCUT2D eigenvalue weighted by molar-refractivity contribution is -0.133. The monoisotopic (exact) mass is 274 g/mol. The van der Waals surface area contributed by atoms with E-state index in [0.717, 1.165) is 23.8 Å². The molecule has 0 spiro atoms. The maximum absolute atomic E-state index is 10.5. The third-order valence-corrected chi connectivity index (χ3v) is 4.52. The third kappa shape index (κ3) is 4.63. The van der Waals surface area contributed by atoms with Crippen LogP contribution in [0.1, 0.15) is 19.0 Å². The van der Waals surface area contributed by atoms with Crippen molar-refractivity contribution in [2.75, 3.05) is 12.0 Å². The molecule has 0 saturated carbocycles. The second kappa shape index (κ2) is 6.96. The van der Waals surface area contributed by atoms with Gasteiger partial charge in [-0.3, -0.25) is 4.79 Å². The molecule has 0 fully saturated rings. The van der Waals surface area contributed by atoms with Crippen LogP contribution in [0.2, 0.25) is 0 Å². The maximum Gasteiger partial charge on any atom is 0.313 e. The molecule has 0 amide bonds. The van der Waals surface area contributed by atoms with Gasteiger partial charge in [-0.25, -0.2) is 4.98 Å². The molecule has 0 aliphatic rings. The Hall–Kier alpha value is -0.620. The summed E-state index contributed by atoms with van der Waals surface area (Å²) in [5, 5.41) is 10.1. The molecule has 1 rings (SSSR count). The van der Waals surface area contributed by atoms with E-state index in [1.54, 1.807) is 6.20 Å². The Kier molecular flexibility index (Phi) is 5.91. The summed E-state index contributed by atoms with van der Waals surface area (Å²) in [5.41, 5.74) is 1.09. The Morgan fingerprint density at radius 3 is 2.94 bits per heavy atom. The van der Waals surface area contributed by atoms with Crippen LogP contribution >= 0.6 is 23.5 Å². The zero-order valence-electron chi connectivity index (χ0n) is 10.3. The lowest BCUT2D eigenvalue weighted by Crippen LogP contribution is -2.08. The minimum atomic E-state index is -0.806. The van der Waals surface area contributed by atoms with Crippen LogP contribution in [0.15, 0.2) is 11.4 Å². The first-order valence-corrected chi connectivity index (χ1v) is 7.71. The molecule has 4 nitrogen and oxygen atoms in total. The molecule has 0 aliphatic heterocycles. The van der Waals surface area contributed by atoms with Gasteiger partial charge in [-0.15, -0.1) is 0 Å². The van der Waals surface area contributed by atoms with Gasteiger partial charge in [0.05, 0.1) is 5.75 Å². The van der Waals surface area contributed by atoms with Gasteiger partial charge in [-0.05, 0) is 19.6 Å². The van der Waals surface area contributed by atoms with E-state index in [2.05, 4.69) is 22.7 Å². The summed E-state index contributed by atoms with van der Waals surface area (Å²) in [6.07, 6.45) is 4.97. The number of hydrogen-bond donors (Lipinski definition) is 1. The van der Waals surface area contributed by atoms with E-state index in [0.29, 0.717) is 5.25 Å². The SMILES string of the molecule is CSC(C)CCn1c(C)cnc1SCC(=O)O. The summed E-state index contributed by atoms with van der Waals surface area (Å²) in [4.78, 5) is 14.8. The van der Waals surface area contributed by atoms with Crippen molar-refractivity contribution < 1.29 is 9.90 Å². The summed E-state index contributed by atoms with van der Waals surface area (Å²) in [7, 11) is 0. The molecule has 1 heterocycles. The van der Waals surface area contributed by atoms with Crippen molar-refractivity contribution in [3.05, 3.63) is 11.9 Å². The van der Waals surface area contributed by atoms with E-state index in [1.165, 1.54) is 11.8 Å². The Labute approximate surface area is 110 Å². The molecule has 0 bridgehead atoms. The molecule has 17 heavy (non-hydrogen) atoms. The molecule has 0 radical (unpaired) electrons. The highest BCUT2D eigenvalue weighted by molar-refractivity contribution is 7.99. The number of imidazole rings is 1. The predicted octanol–water partition coefficient (Wildman–Crippen LogP) is 2.51. The van der Waals surface area contributed by atoms with Crippen molar-refractivity contribution in [2.24, 2.45) is 0 Å². The fourth-order valence-electron chi connectivity index (χ4n) is 1.38. The third-order valence-electron chi connectivity index (χ3n) is 2.50. The van der Waals surface area contributed by atoms with Crippen molar-refractivity contribution in [1.82, 2.24) is 9.55 Å². The summed E-state index contributed by atoms with van der Waals surface area (Å²) in [6.45, 7) is 5.10. The van der Waals surface area contributed by atoms with E-state index in [9.17, 15) is 4.79 Å². The van der Waals surface area contributed by atoms with Crippen LogP contribution < -0.4 is 0 Å². The minimum Gasteiger partial charge on any atom is -0.481 e.